The van der Waals surface area contributed by atoms with Crippen molar-refractivity contribution in [3.63, 3.8) is 0 Å². The van der Waals surface area contributed by atoms with Crippen LogP contribution in [0.1, 0.15) is 5.56 Å². The molecule has 0 bridgehead atoms. The van der Waals surface area contributed by atoms with Crippen LogP contribution in [0.25, 0.3) is 10.9 Å². The van der Waals surface area contributed by atoms with Gasteiger partial charge in [-0.15, -0.1) is 0 Å². The molecule has 0 unspecified atom stereocenters. The van der Waals surface area contributed by atoms with Crippen molar-refractivity contribution in [1.29, 1.82) is 0 Å². The van der Waals surface area contributed by atoms with Gasteiger partial charge in [0.2, 0.25) is 0 Å². The first-order valence-corrected chi connectivity index (χ1v) is 3.93. The molecular formula is C11H7NO. The van der Waals surface area contributed by atoms with E-state index in [1.165, 1.54) is 0 Å². The van der Waals surface area contributed by atoms with Crippen LogP contribution >= 0.6 is 0 Å². The molecule has 2 heteroatoms. The second-order valence-corrected chi connectivity index (χ2v) is 2.63. The third kappa shape index (κ3) is 1.32. The fourth-order valence-corrected chi connectivity index (χ4v) is 1.30. The highest BCUT2D eigenvalue weighted by Crippen LogP contribution is 2.15. The minimum Gasteiger partial charge on any atom is -0.360 e. The minimum atomic E-state index is 0.599. The molecule has 13 heavy (non-hydrogen) atoms. The summed E-state index contributed by atoms with van der Waals surface area (Å²) in [4.78, 5) is 13.1. The Bertz CT molecular complexity index is 499. The molecule has 1 heterocycles. The van der Waals surface area contributed by atoms with E-state index in [9.17, 15) is 4.79 Å². The van der Waals surface area contributed by atoms with Gasteiger partial charge in [-0.05, 0) is 18.1 Å². The number of aromatic nitrogens is 1. The van der Waals surface area contributed by atoms with Gasteiger partial charge in [0, 0.05) is 17.1 Å². The number of fused-ring (bicyclic) bond motifs is 1. The zero-order valence-corrected chi connectivity index (χ0v) is 6.87. The van der Waals surface area contributed by atoms with Crippen LogP contribution in [0.5, 0.6) is 0 Å². The predicted octanol–water partition coefficient (Wildman–Crippen LogP) is 1.72. The maximum absolute atomic E-state index is 10.1. The number of nitrogens with one attached hydrogen (secondary N) is 1. The molecule has 0 aliphatic carbocycles. The Hall–Kier alpha value is -2.01. The first kappa shape index (κ1) is 7.63. The van der Waals surface area contributed by atoms with Gasteiger partial charge in [0.25, 0.3) is 0 Å². The van der Waals surface area contributed by atoms with Crippen LogP contribution in [0, 0.1) is 11.8 Å². The maximum Gasteiger partial charge on any atom is 0.193 e. The lowest BCUT2D eigenvalue weighted by Crippen LogP contribution is -1.77. The third-order valence-electron chi connectivity index (χ3n) is 1.85. The molecular weight excluding hydrogens is 162 g/mol. The van der Waals surface area contributed by atoms with E-state index in [1.807, 2.05) is 30.5 Å². The number of hydrogen-bond acceptors (Lipinski definition) is 1. The van der Waals surface area contributed by atoms with Crippen molar-refractivity contribution < 1.29 is 4.79 Å². The number of aromatic amines is 1. The molecule has 1 N–H and O–H groups in total. The van der Waals surface area contributed by atoms with Crippen molar-refractivity contribution in [3.05, 3.63) is 36.0 Å². The first-order valence-electron chi connectivity index (χ1n) is 3.93. The second kappa shape index (κ2) is 3.16. The number of carbonyl (C=O) groups is 1. The summed E-state index contributed by atoms with van der Waals surface area (Å²) in [6.07, 6.45) is 2.46. The first-order chi connectivity index (χ1) is 6.42. The standard InChI is InChI=1S/C11H7NO/c13-8-2-5-9-3-1-4-10-6-7-12-11(9)10/h1,3-4,6-8,12H. The monoisotopic (exact) mass is 169 g/mol. The van der Waals surface area contributed by atoms with Crippen molar-refractivity contribution in [2.24, 2.45) is 0 Å². The summed E-state index contributed by atoms with van der Waals surface area (Å²) < 4.78 is 0. The lowest BCUT2D eigenvalue weighted by molar-refractivity contribution is -0.103. The molecule has 0 saturated heterocycles. The summed E-state index contributed by atoms with van der Waals surface area (Å²) in [5, 5.41) is 1.11. The van der Waals surface area contributed by atoms with Crippen molar-refractivity contribution in [3.8, 4) is 11.8 Å². The molecule has 0 spiro atoms. The van der Waals surface area contributed by atoms with Gasteiger partial charge in [-0.25, -0.2) is 0 Å². The number of aldehydes is 1. The highest BCUT2D eigenvalue weighted by Gasteiger charge is 1.96. The quantitative estimate of drug-likeness (QED) is 0.472. The zero-order chi connectivity index (χ0) is 9.10. The Morgan fingerprint density at radius 3 is 3.08 bits per heavy atom. The molecule has 0 aliphatic heterocycles. The van der Waals surface area contributed by atoms with E-state index in [0.717, 1.165) is 16.5 Å². The van der Waals surface area contributed by atoms with Gasteiger partial charge < -0.3 is 4.98 Å². The predicted molar refractivity (Wildman–Crippen MR) is 51.2 cm³/mol. The van der Waals surface area contributed by atoms with Crippen molar-refractivity contribution >= 4 is 17.2 Å². The van der Waals surface area contributed by atoms with E-state index in [2.05, 4.69) is 16.8 Å². The number of carbonyl (C=O) groups excluding carboxylic acids is 1. The summed E-state index contributed by atoms with van der Waals surface area (Å²) >= 11 is 0. The Morgan fingerprint density at radius 1 is 1.31 bits per heavy atom. The van der Waals surface area contributed by atoms with Gasteiger partial charge in [0.1, 0.15) is 0 Å². The fourth-order valence-electron chi connectivity index (χ4n) is 1.30. The van der Waals surface area contributed by atoms with Gasteiger partial charge in [-0.3, -0.25) is 4.79 Å². The molecule has 2 rings (SSSR count). The third-order valence-corrected chi connectivity index (χ3v) is 1.85. The minimum absolute atomic E-state index is 0.599. The van der Waals surface area contributed by atoms with E-state index in [-0.39, 0.29) is 0 Å². The molecule has 0 radical (unpaired) electrons. The van der Waals surface area contributed by atoms with Gasteiger partial charge in [0.15, 0.2) is 6.29 Å². The number of para-hydroxylation sites is 1. The Kier molecular flexibility index (Phi) is 1.85. The SMILES string of the molecule is O=CC#Cc1cccc2cc[nH]c12. The number of rotatable bonds is 0. The van der Waals surface area contributed by atoms with E-state index < -0.39 is 0 Å². The van der Waals surface area contributed by atoms with E-state index in [0.29, 0.717) is 6.29 Å². The van der Waals surface area contributed by atoms with Gasteiger partial charge in [0.05, 0.1) is 5.52 Å². The lowest BCUT2D eigenvalue weighted by Gasteiger charge is -1.92. The van der Waals surface area contributed by atoms with Gasteiger partial charge in [-0.2, -0.15) is 0 Å². The Morgan fingerprint density at radius 2 is 2.23 bits per heavy atom. The molecule has 2 nitrogen and oxygen atoms in total. The van der Waals surface area contributed by atoms with Crippen LogP contribution in [0.4, 0.5) is 0 Å². The highest BCUT2D eigenvalue weighted by atomic mass is 16.1. The van der Waals surface area contributed by atoms with Crippen molar-refractivity contribution in [1.82, 2.24) is 4.98 Å². The maximum atomic E-state index is 10.1. The molecule has 0 saturated carbocycles. The van der Waals surface area contributed by atoms with Crippen molar-refractivity contribution in [2.75, 3.05) is 0 Å². The molecule has 0 fully saturated rings. The smallest absolute Gasteiger partial charge is 0.193 e. The molecule has 0 amide bonds. The average molecular weight is 169 g/mol. The normalized spacial score (nSPS) is 9.23. The molecule has 62 valence electrons. The number of H-pyrrole nitrogens is 1. The molecule has 0 aliphatic rings. The lowest BCUT2D eigenvalue weighted by atomic mass is 10.1. The van der Waals surface area contributed by atoms with Crippen LogP contribution in [0.15, 0.2) is 30.5 Å². The summed E-state index contributed by atoms with van der Waals surface area (Å²) in [6.45, 7) is 0. The topological polar surface area (TPSA) is 32.9 Å². The van der Waals surface area contributed by atoms with Gasteiger partial charge >= 0.3 is 0 Å². The Balaban J connectivity index is 2.67. The van der Waals surface area contributed by atoms with Gasteiger partial charge in [-0.1, -0.05) is 18.1 Å². The second-order valence-electron chi connectivity index (χ2n) is 2.63. The molecule has 0 atom stereocenters. The summed E-state index contributed by atoms with van der Waals surface area (Å²) in [5.41, 5.74) is 1.84. The number of hydrogen-bond donors (Lipinski definition) is 1. The Labute approximate surface area is 75.6 Å². The van der Waals surface area contributed by atoms with E-state index >= 15 is 0 Å². The van der Waals surface area contributed by atoms with Crippen molar-refractivity contribution in [2.45, 2.75) is 0 Å². The van der Waals surface area contributed by atoms with Crippen LogP contribution in [-0.4, -0.2) is 11.3 Å². The van der Waals surface area contributed by atoms with Crippen LogP contribution < -0.4 is 0 Å². The van der Waals surface area contributed by atoms with Crippen LogP contribution in [-0.2, 0) is 4.79 Å². The highest BCUT2D eigenvalue weighted by molar-refractivity contribution is 5.86. The summed E-state index contributed by atoms with van der Waals surface area (Å²) in [5.74, 6) is 5.17. The van der Waals surface area contributed by atoms with E-state index in [4.69, 9.17) is 0 Å². The van der Waals surface area contributed by atoms with Crippen LogP contribution in [0.2, 0.25) is 0 Å². The van der Waals surface area contributed by atoms with Crippen LogP contribution in [0.3, 0.4) is 0 Å². The molecule has 1 aromatic heterocycles. The van der Waals surface area contributed by atoms with E-state index in [1.54, 1.807) is 0 Å². The zero-order valence-electron chi connectivity index (χ0n) is 6.87. The summed E-state index contributed by atoms with van der Waals surface area (Å²) in [6, 6.07) is 7.78. The number of benzene rings is 1. The fraction of sp³-hybridized carbons (Fsp3) is 0. The largest absolute Gasteiger partial charge is 0.360 e. The molecule has 1 aromatic carbocycles. The summed E-state index contributed by atoms with van der Waals surface area (Å²) in [7, 11) is 0. The average Bonchev–Trinajstić information content (AvgIpc) is 2.62. The molecule has 2 aromatic rings.